The van der Waals surface area contributed by atoms with Gasteiger partial charge in [-0.1, -0.05) is 11.3 Å². The number of amides is 1. The second-order valence-electron chi connectivity index (χ2n) is 3.27. The van der Waals surface area contributed by atoms with Crippen LogP contribution in [0.2, 0.25) is 0 Å². The first-order chi connectivity index (χ1) is 6.80. The third kappa shape index (κ3) is 3.24. The van der Waals surface area contributed by atoms with Crippen LogP contribution in [0.15, 0.2) is 4.34 Å². The van der Waals surface area contributed by atoms with Crippen LogP contribution in [-0.2, 0) is 9.84 Å². The molecular weight excluding hydrogens is 238 g/mol. The van der Waals surface area contributed by atoms with Crippen molar-refractivity contribution in [1.29, 1.82) is 0 Å². The summed E-state index contributed by atoms with van der Waals surface area (Å²) in [5.41, 5.74) is 0. The molecule has 1 heterocycles. The summed E-state index contributed by atoms with van der Waals surface area (Å²) in [6, 6.07) is -0.0249. The number of hydrogen-bond donors (Lipinski definition) is 1. The Hall–Kier alpha value is -1.02. The zero-order valence-electron chi connectivity index (χ0n) is 8.51. The number of hydrogen-bond acceptors (Lipinski definition) is 6. The van der Waals surface area contributed by atoms with E-state index < -0.39 is 15.7 Å². The predicted octanol–water partition coefficient (Wildman–Crippen LogP) is 0.0798. The van der Waals surface area contributed by atoms with E-state index in [9.17, 15) is 13.2 Å². The third-order valence-corrected chi connectivity index (χ3v) is 3.93. The molecule has 0 aliphatic heterocycles. The lowest BCUT2D eigenvalue weighted by molar-refractivity contribution is 0.0942. The third-order valence-electron chi connectivity index (χ3n) is 1.34. The number of carbonyl (C=O) groups is 1. The number of aromatic nitrogens is 2. The van der Waals surface area contributed by atoms with Gasteiger partial charge in [-0.2, -0.15) is 0 Å². The first-order valence-electron chi connectivity index (χ1n) is 4.15. The van der Waals surface area contributed by atoms with Crippen molar-refractivity contribution in [2.45, 2.75) is 24.2 Å². The Morgan fingerprint density at radius 2 is 2.00 bits per heavy atom. The van der Waals surface area contributed by atoms with E-state index in [1.807, 2.05) is 0 Å². The van der Waals surface area contributed by atoms with Gasteiger partial charge in [0.15, 0.2) is 0 Å². The van der Waals surface area contributed by atoms with E-state index in [-0.39, 0.29) is 15.4 Å². The van der Waals surface area contributed by atoms with Gasteiger partial charge in [0.05, 0.1) is 0 Å². The van der Waals surface area contributed by atoms with Crippen molar-refractivity contribution in [1.82, 2.24) is 15.5 Å². The maximum Gasteiger partial charge on any atom is 0.282 e. The molecule has 15 heavy (non-hydrogen) atoms. The van der Waals surface area contributed by atoms with Gasteiger partial charge >= 0.3 is 0 Å². The lowest BCUT2D eigenvalue weighted by Crippen LogP contribution is -2.29. The Balaban J connectivity index is 2.90. The molecule has 0 saturated carbocycles. The van der Waals surface area contributed by atoms with E-state index in [0.717, 1.165) is 17.6 Å². The zero-order valence-corrected chi connectivity index (χ0v) is 10.1. The summed E-state index contributed by atoms with van der Waals surface area (Å²) in [6.45, 7) is 3.60. The van der Waals surface area contributed by atoms with Crippen molar-refractivity contribution in [3.63, 3.8) is 0 Å². The molecule has 0 atom stereocenters. The second kappa shape index (κ2) is 4.23. The van der Waals surface area contributed by atoms with Crippen LogP contribution in [0.4, 0.5) is 0 Å². The van der Waals surface area contributed by atoms with Crippen LogP contribution in [0.25, 0.3) is 0 Å². The van der Waals surface area contributed by atoms with Crippen LogP contribution in [0.3, 0.4) is 0 Å². The van der Waals surface area contributed by atoms with Crippen LogP contribution in [0.5, 0.6) is 0 Å². The minimum Gasteiger partial charge on any atom is -0.348 e. The first-order valence-corrected chi connectivity index (χ1v) is 6.86. The SMILES string of the molecule is CC(C)NC(=O)c1nnc(S(C)(=O)=O)s1. The van der Waals surface area contributed by atoms with Crippen LogP contribution in [0, 0.1) is 0 Å². The second-order valence-corrected chi connectivity index (χ2v) is 6.44. The minimum atomic E-state index is -3.38. The fraction of sp³-hybridized carbons (Fsp3) is 0.571. The van der Waals surface area contributed by atoms with Crippen LogP contribution in [0.1, 0.15) is 23.6 Å². The minimum absolute atomic E-state index is 0.0249. The van der Waals surface area contributed by atoms with Crippen LogP contribution in [-0.4, -0.2) is 36.8 Å². The Morgan fingerprint density at radius 3 is 2.40 bits per heavy atom. The highest BCUT2D eigenvalue weighted by Crippen LogP contribution is 2.14. The summed E-state index contributed by atoms with van der Waals surface area (Å²) in [7, 11) is -3.38. The molecule has 1 N–H and O–H groups in total. The summed E-state index contributed by atoms with van der Waals surface area (Å²) in [6.07, 6.45) is 1.03. The normalized spacial score (nSPS) is 11.7. The van der Waals surface area contributed by atoms with E-state index in [0.29, 0.717) is 0 Å². The number of nitrogens with one attached hydrogen (secondary N) is 1. The largest absolute Gasteiger partial charge is 0.348 e. The molecule has 6 nitrogen and oxygen atoms in total. The Morgan fingerprint density at radius 1 is 1.40 bits per heavy atom. The van der Waals surface area contributed by atoms with Crippen molar-refractivity contribution < 1.29 is 13.2 Å². The van der Waals surface area contributed by atoms with Gasteiger partial charge < -0.3 is 5.32 Å². The van der Waals surface area contributed by atoms with Gasteiger partial charge in [-0.05, 0) is 13.8 Å². The van der Waals surface area contributed by atoms with Crippen molar-refractivity contribution in [3.8, 4) is 0 Å². The molecule has 0 aliphatic rings. The standard InChI is InChI=1S/C7H11N3O3S2/c1-4(2)8-5(11)6-9-10-7(14-6)15(3,12)13/h4H,1-3H3,(H,8,11). The lowest BCUT2D eigenvalue weighted by Gasteiger charge is -2.04. The molecule has 0 spiro atoms. The molecule has 1 amide bonds. The van der Waals surface area contributed by atoms with Gasteiger partial charge in [-0.3, -0.25) is 4.79 Å². The van der Waals surface area contributed by atoms with Crippen molar-refractivity contribution >= 4 is 27.1 Å². The van der Waals surface area contributed by atoms with Crippen molar-refractivity contribution in [2.24, 2.45) is 0 Å². The highest BCUT2D eigenvalue weighted by Gasteiger charge is 2.18. The van der Waals surface area contributed by atoms with Gasteiger partial charge in [0.1, 0.15) is 0 Å². The lowest BCUT2D eigenvalue weighted by atomic mass is 10.4. The number of sulfone groups is 1. The van der Waals surface area contributed by atoms with E-state index >= 15 is 0 Å². The topological polar surface area (TPSA) is 89.0 Å². The summed E-state index contributed by atoms with van der Waals surface area (Å²) in [5.74, 6) is -0.405. The fourth-order valence-corrected chi connectivity index (χ4v) is 2.29. The highest BCUT2D eigenvalue weighted by atomic mass is 32.2. The molecule has 0 aliphatic carbocycles. The zero-order chi connectivity index (χ0) is 11.6. The van der Waals surface area contributed by atoms with Crippen LogP contribution < -0.4 is 5.32 Å². The van der Waals surface area contributed by atoms with E-state index in [1.54, 1.807) is 13.8 Å². The van der Waals surface area contributed by atoms with Crippen molar-refractivity contribution in [2.75, 3.05) is 6.26 Å². The highest BCUT2D eigenvalue weighted by molar-refractivity contribution is 7.92. The number of carbonyl (C=O) groups excluding carboxylic acids is 1. The molecule has 0 saturated heterocycles. The van der Waals surface area contributed by atoms with Crippen LogP contribution >= 0.6 is 11.3 Å². The van der Waals surface area contributed by atoms with Gasteiger partial charge in [0, 0.05) is 12.3 Å². The molecule has 0 bridgehead atoms. The van der Waals surface area contributed by atoms with Gasteiger partial charge in [0.2, 0.25) is 19.2 Å². The maximum absolute atomic E-state index is 11.4. The Bertz CT molecular complexity index is 464. The molecule has 1 aromatic heterocycles. The molecule has 0 unspecified atom stereocenters. The van der Waals surface area contributed by atoms with Crippen molar-refractivity contribution in [3.05, 3.63) is 5.01 Å². The smallest absolute Gasteiger partial charge is 0.282 e. The number of rotatable bonds is 3. The molecule has 0 aromatic carbocycles. The van der Waals surface area contributed by atoms with Gasteiger partial charge in [-0.15, -0.1) is 10.2 Å². The molecule has 84 valence electrons. The average molecular weight is 249 g/mol. The fourth-order valence-electron chi connectivity index (χ4n) is 0.775. The Labute approximate surface area is 91.6 Å². The summed E-state index contributed by atoms with van der Waals surface area (Å²) in [5, 5.41) is 9.61. The summed E-state index contributed by atoms with van der Waals surface area (Å²) in [4.78, 5) is 11.4. The van der Waals surface area contributed by atoms with E-state index in [4.69, 9.17) is 0 Å². The molecule has 0 radical (unpaired) electrons. The summed E-state index contributed by atoms with van der Waals surface area (Å²) >= 11 is 0.768. The quantitative estimate of drug-likeness (QED) is 0.819. The molecular formula is C7H11N3O3S2. The molecule has 1 rings (SSSR count). The summed E-state index contributed by atoms with van der Waals surface area (Å²) < 4.78 is 22.0. The van der Waals surface area contributed by atoms with Gasteiger partial charge in [0.25, 0.3) is 5.91 Å². The molecule has 1 aromatic rings. The molecule has 8 heteroatoms. The van der Waals surface area contributed by atoms with Gasteiger partial charge in [-0.25, -0.2) is 8.42 Å². The predicted molar refractivity (Wildman–Crippen MR) is 55.6 cm³/mol. The first kappa shape index (κ1) is 12.1. The Kier molecular flexibility index (Phi) is 3.40. The molecule has 0 fully saturated rings. The monoisotopic (exact) mass is 249 g/mol. The maximum atomic E-state index is 11.4. The van der Waals surface area contributed by atoms with E-state index in [1.165, 1.54) is 0 Å². The van der Waals surface area contributed by atoms with E-state index in [2.05, 4.69) is 15.5 Å². The average Bonchev–Trinajstić information content (AvgIpc) is 2.48. The number of nitrogens with zero attached hydrogens (tertiary/aromatic N) is 2.